The lowest BCUT2D eigenvalue weighted by atomic mass is 10.1. The molecule has 3 aromatic rings. The van der Waals surface area contributed by atoms with Gasteiger partial charge in [0, 0.05) is 29.9 Å². The van der Waals surface area contributed by atoms with Crippen molar-refractivity contribution in [1.29, 1.82) is 0 Å². The maximum atomic E-state index is 12.6. The lowest BCUT2D eigenvalue weighted by Gasteiger charge is -2.20. The molecule has 0 aliphatic rings. The zero-order valence-electron chi connectivity index (χ0n) is 18.5. The number of benzene rings is 1. The number of aryl methyl sites for hydroxylation is 2. The Morgan fingerprint density at radius 1 is 1.22 bits per heavy atom. The van der Waals surface area contributed by atoms with Crippen molar-refractivity contribution in [3.05, 3.63) is 59.7 Å². The Labute approximate surface area is 187 Å². The largest absolute Gasteiger partial charge is 0.462 e. The van der Waals surface area contributed by atoms with E-state index in [0.717, 1.165) is 5.56 Å². The number of nitrogens with zero attached hydrogens (tertiary/aromatic N) is 3. The molecule has 32 heavy (non-hydrogen) atoms. The number of pyridine rings is 1. The summed E-state index contributed by atoms with van der Waals surface area (Å²) in [7, 11) is -3.76. The number of rotatable bonds is 8. The third kappa shape index (κ3) is 6.21. The average molecular weight is 459 g/mol. The number of nitrogens with one attached hydrogen (secondary N) is 1. The number of aromatic nitrogens is 3. The summed E-state index contributed by atoms with van der Waals surface area (Å²) in [4.78, 5) is 20.9. The number of hydrogen-bond acceptors (Lipinski definition) is 8. The van der Waals surface area contributed by atoms with Gasteiger partial charge >= 0.3 is 5.97 Å². The van der Waals surface area contributed by atoms with E-state index in [1.54, 1.807) is 52.2 Å². The van der Waals surface area contributed by atoms with E-state index >= 15 is 0 Å². The SMILES string of the molecule is Cc1ccc(S(=O)(=O)NC(C)(C)C)cc1C(=O)OCCCc1nc(-c2cccnc2)no1. The lowest BCUT2D eigenvalue weighted by molar-refractivity contribution is 0.0497. The Balaban J connectivity index is 1.58. The predicted octanol–water partition coefficient (Wildman–Crippen LogP) is 3.31. The van der Waals surface area contributed by atoms with Crippen molar-refractivity contribution in [3.8, 4) is 11.4 Å². The van der Waals surface area contributed by atoms with Crippen molar-refractivity contribution in [3.63, 3.8) is 0 Å². The zero-order chi connectivity index (χ0) is 23.4. The van der Waals surface area contributed by atoms with E-state index in [4.69, 9.17) is 9.26 Å². The molecule has 0 amide bonds. The molecule has 0 spiro atoms. The smallest absolute Gasteiger partial charge is 0.338 e. The van der Waals surface area contributed by atoms with Crippen LogP contribution in [-0.4, -0.2) is 41.7 Å². The Morgan fingerprint density at radius 3 is 2.69 bits per heavy atom. The third-order valence-corrected chi connectivity index (χ3v) is 6.09. The molecule has 0 atom stereocenters. The summed E-state index contributed by atoms with van der Waals surface area (Å²) >= 11 is 0. The molecule has 170 valence electrons. The minimum absolute atomic E-state index is 0.0127. The van der Waals surface area contributed by atoms with E-state index in [-0.39, 0.29) is 17.1 Å². The first-order chi connectivity index (χ1) is 15.0. The molecule has 0 saturated heterocycles. The molecule has 0 bridgehead atoms. The molecule has 0 saturated carbocycles. The number of ether oxygens (including phenoxy) is 1. The van der Waals surface area contributed by atoms with Crippen molar-refractivity contribution < 1.29 is 22.5 Å². The highest BCUT2D eigenvalue weighted by Gasteiger charge is 2.24. The number of sulfonamides is 1. The number of carbonyl (C=O) groups is 1. The summed E-state index contributed by atoms with van der Waals surface area (Å²) < 4.78 is 38.3. The van der Waals surface area contributed by atoms with Gasteiger partial charge in [0.2, 0.25) is 21.7 Å². The second-order valence-electron chi connectivity index (χ2n) is 8.33. The molecule has 0 unspecified atom stereocenters. The van der Waals surface area contributed by atoms with Crippen LogP contribution in [0.5, 0.6) is 0 Å². The minimum atomic E-state index is -3.76. The van der Waals surface area contributed by atoms with E-state index in [9.17, 15) is 13.2 Å². The molecule has 10 heteroatoms. The molecule has 9 nitrogen and oxygen atoms in total. The van der Waals surface area contributed by atoms with Crippen LogP contribution in [0.3, 0.4) is 0 Å². The molecule has 1 aromatic carbocycles. The van der Waals surface area contributed by atoms with Gasteiger partial charge in [-0.1, -0.05) is 11.2 Å². The van der Waals surface area contributed by atoms with E-state index in [0.29, 0.717) is 30.1 Å². The number of esters is 1. The van der Waals surface area contributed by atoms with Gasteiger partial charge < -0.3 is 9.26 Å². The van der Waals surface area contributed by atoms with Crippen LogP contribution in [-0.2, 0) is 21.2 Å². The van der Waals surface area contributed by atoms with Crippen molar-refractivity contribution >= 4 is 16.0 Å². The van der Waals surface area contributed by atoms with Crippen molar-refractivity contribution in [2.24, 2.45) is 0 Å². The second-order valence-corrected chi connectivity index (χ2v) is 10.0. The van der Waals surface area contributed by atoms with Gasteiger partial charge in [-0.3, -0.25) is 4.98 Å². The van der Waals surface area contributed by atoms with Crippen molar-refractivity contribution in [2.45, 2.75) is 51.0 Å². The predicted molar refractivity (Wildman–Crippen MR) is 117 cm³/mol. The Bertz CT molecular complexity index is 1180. The molecule has 0 aliphatic heterocycles. The fourth-order valence-electron chi connectivity index (χ4n) is 2.88. The molecule has 3 rings (SSSR count). The Hall–Kier alpha value is -3.11. The van der Waals surface area contributed by atoms with Crippen LogP contribution < -0.4 is 4.72 Å². The summed E-state index contributed by atoms with van der Waals surface area (Å²) in [5.74, 6) is 0.289. The maximum absolute atomic E-state index is 12.6. The minimum Gasteiger partial charge on any atom is -0.462 e. The summed E-state index contributed by atoms with van der Waals surface area (Å²) in [5.41, 5.74) is 0.942. The van der Waals surface area contributed by atoms with Gasteiger partial charge in [0.15, 0.2) is 0 Å². The standard InChI is InChI=1S/C22H26N4O5S/c1-15-9-10-17(32(28,29)26-22(2,3)4)13-18(15)21(27)30-12-6-8-19-24-20(25-31-19)16-7-5-11-23-14-16/h5,7,9-11,13-14,26H,6,8,12H2,1-4H3. The molecule has 0 aliphatic carbocycles. The Morgan fingerprint density at radius 2 is 2.00 bits per heavy atom. The van der Waals surface area contributed by atoms with Crippen LogP contribution in [0, 0.1) is 6.92 Å². The first-order valence-corrected chi connectivity index (χ1v) is 11.6. The molecular weight excluding hydrogens is 432 g/mol. The average Bonchev–Trinajstić information content (AvgIpc) is 3.19. The summed E-state index contributed by atoms with van der Waals surface area (Å²) in [6.45, 7) is 7.09. The number of hydrogen-bond donors (Lipinski definition) is 1. The van der Waals surface area contributed by atoms with Crippen LogP contribution in [0.2, 0.25) is 0 Å². The topological polar surface area (TPSA) is 124 Å². The highest BCUT2D eigenvalue weighted by molar-refractivity contribution is 7.89. The quantitative estimate of drug-likeness (QED) is 0.403. The first-order valence-electron chi connectivity index (χ1n) is 10.1. The maximum Gasteiger partial charge on any atom is 0.338 e. The van der Waals surface area contributed by atoms with Gasteiger partial charge in [-0.2, -0.15) is 4.98 Å². The van der Waals surface area contributed by atoms with E-state index in [2.05, 4.69) is 19.8 Å². The van der Waals surface area contributed by atoms with Crippen LogP contribution >= 0.6 is 0 Å². The van der Waals surface area contributed by atoms with Gasteiger partial charge in [0.05, 0.1) is 17.1 Å². The van der Waals surface area contributed by atoms with Crippen molar-refractivity contribution in [2.75, 3.05) is 6.61 Å². The van der Waals surface area contributed by atoms with Crippen LogP contribution in [0.4, 0.5) is 0 Å². The normalized spacial score (nSPS) is 12.0. The molecular formula is C22H26N4O5S. The van der Waals surface area contributed by atoms with Gasteiger partial charge in [-0.15, -0.1) is 0 Å². The van der Waals surface area contributed by atoms with Crippen LogP contribution in [0.25, 0.3) is 11.4 Å². The van der Waals surface area contributed by atoms with Crippen molar-refractivity contribution in [1.82, 2.24) is 19.8 Å². The lowest BCUT2D eigenvalue weighted by Crippen LogP contribution is -2.40. The zero-order valence-corrected chi connectivity index (χ0v) is 19.3. The van der Waals surface area contributed by atoms with Crippen LogP contribution in [0.15, 0.2) is 52.1 Å². The third-order valence-electron chi connectivity index (χ3n) is 4.34. The number of carbonyl (C=O) groups excluding carboxylic acids is 1. The molecule has 0 radical (unpaired) electrons. The molecule has 2 heterocycles. The fraction of sp³-hybridized carbons (Fsp3) is 0.364. The van der Waals surface area contributed by atoms with E-state index in [1.807, 2.05) is 6.07 Å². The van der Waals surface area contributed by atoms with Gasteiger partial charge in [0.25, 0.3) is 0 Å². The second kappa shape index (κ2) is 9.58. The summed E-state index contributed by atoms with van der Waals surface area (Å²) in [5, 5.41) is 3.92. The van der Waals surface area contributed by atoms with E-state index in [1.165, 1.54) is 12.1 Å². The van der Waals surface area contributed by atoms with E-state index < -0.39 is 21.5 Å². The monoisotopic (exact) mass is 458 g/mol. The first kappa shape index (κ1) is 23.6. The van der Waals surface area contributed by atoms with Gasteiger partial charge in [-0.25, -0.2) is 17.9 Å². The summed E-state index contributed by atoms with van der Waals surface area (Å²) in [6.07, 6.45) is 4.21. The van der Waals surface area contributed by atoms with Crippen LogP contribution in [0.1, 0.15) is 49.0 Å². The molecule has 0 fully saturated rings. The highest BCUT2D eigenvalue weighted by atomic mass is 32.2. The van der Waals surface area contributed by atoms with Gasteiger partial charge in [0.1, 0.15) is 0 Å². The molecule has 1 N–H and O–H groups in total. The summed E-state index contributed by atoms with van der Waals surface area (Å²) in [6, 6.07) is 8.01. The molecule has 2 aromatic heterocycles. The van der Waals surface area contributed by atoms with Gasteiger partial charge in [-0.05, 0) is 63.9 Å². The Kier molecular flexibility index (Phi) is 7.05. The highest BCUT2D eigenvalue weighted by Crippen LogP contribution is 2.19. The fourth-order valence-corrected chi connectivity index (χ4v) is 4.33.